The molecular formula is C23H22N2O2S2. The minimum atomic E-state index is -0.390. The Bertz CT molecular complexity index is 963. The first-order chi connectivity index (χ1) is 14.0. The number of anilines is 1. The molecule has 3 aromatic carbocycles. The summed E-state index contributed by atoms with van der Waals surface area (Å²) in [6, 6.07) is 27.0. The van der Waals surface area contributed by atoms with E-state index in [4.69, 9.17) is 0 Å². The molecule has 0 saturated carbocycles. The standard InChI is InChI=1S/C23H22N2O2S2/c1-25(2)23(27)29-20-15-9-12-18(16-20)24-22(26)21(17-10-5-3-6-11-17)28-19-13-7-4-8-14-19/h3-16,21H,1-2H3,(H,24,26). The Morgan fingerprint density at radius 3 is 2.10 bits per heavy atom. The lowest BCUT2D eigenvalue weighted by atomic mass is 10.1. The fourth-order valence-corrected chi connectivity index (χ4v) is 4.34. The van der Waals surface area contributed by atoms with E-state index in [1.165, 1.54) is 16.7 Å². The van der Waals surface area contributed by atoms with E-state index in [9.17, 15) is 9.59 Å². The number of carbonyl (C=O) groups is 2. The summed E-state index contributed by atoms with van der Waals surface area (Å²) in [5, 5.41) is 2.56. The Morgan fingerprint density at radius 1 is 0.828 bits per heavy atom. The predicted molar refractivity (Wildman–Crippen MR) is 121 cm³/mol. The van der Waals surface area contributed by atoms with Gasteiger partial charge in [-0.3, -0.25) is 9.59 Å². The summed E-state index contributed by atoms with van der Waals surface area (Å²) >= 11 is 2.64. The summed E-state index contributed by atoms with van der Waals surface area (Å²) in [5.74, 6) is -0.105. The molecule has 0 aliphatic carbocycles. The van der Waals surface area contributed by atoms with Gasteiger partial charge in [0.1, 0.15) is 5.25 Å². The summed E-state index contributed by atoms with van der Waals surface area (Å²) in [7, 11) is 3.43. The van der Waals surface area contributed by atoms with E-state index in [2.05, 4.69) is 5.32 Å². The highest BCUT2D eigenvalue weighted by atomic mass is 32.2. The van der Waals surface area contributed by atoms with Crippen LogP contribution in [0.1, 0.15) is 10.8 Å². The Balaban J connectivity index is 1.79. The number of amides is 2. The first-order valence-corrected chi connectivity index (χ1v) is 10.8. The lowest BCUT2D eigenvalue weighted by molar-refractivity contribution is -0.115. The number of hydrogen-bond acceptors (Lipinski definition) is 4. The van der Waals surface area contributed by atoms with Crippen LogP contribution in [0.3, 0.4) is 0 Å². The Morgan fingerprint density at radius 2 is 1.45 bits per heavy atom. The molecule has 1 unspecified atom stereocenters. The van der Waals surface area contributed by atoms with Crippen LogP contribution < -0.4 is 5.32 Å². The highest BCUT2D eigenvalue weighted by Gasteiger charge is 2.22. The molecule has 1 atom stereocenters. The van der Waals surface area contributed by atoms with E-state index >= 15 is 0 Å². The highest BCUT2D eigenvalue weighted by molar-refractivity contribution is 8.13. The van der Waals surface area contributed by atoms with Crippen LogP contribution in [0.2, 0.25) is 0 Å². The SMILES string of the molecule is CN(C)C(=O)Sc1cccc(NC(=O)C(Sc2ccccc2)c2ccccc2)c1. The molecule has 29 heavy (non-hydrogen) atoms. The molecule has 0 aliphatic heterocycles. The molecule has 0 fully saturated rings. The molecule has 2 amide bonds. The van der Waals surface area contributed by atoms with Crippen molar-refractivity contribution in [2.45, 2.75) is 15.0 Å². The van der Waals surface area contributed by atoms with Crippen LogP contribution in [0.4, 0.5) is 10.5 Å². The Hall–Kier alpha value is -2.70. The zero-order valence-corrected chi connectivity index (χ0v) is 17.9. The molecule has 4 nitrogen and oxygen atoms in total. The van der Waals surface area contributed by atoms with Gasteiger partial charge in [0, 0.05) is 29.6 Å². The number of benzene rings is 3. The van der Waals surface area contributed by atoms with E-state index in [1.807, 2.05) is 84.9 Å². The van der Waals surface area contributed by atoms with E-state index in [0.717, 1.165) is 27.1 Å². The monoisotopic (exact) mass is 422 g/mol. The normalized spacial score (nSPS) is 11.5. The molecule has 0 bridgehead atoms. The third kappa shape index (κ3) is 6.14. The quantitative estimate of drug-likeness (QED) is 0.500. The number of hydrogen-bond donors (Lipinski definition) is 1. The Labute approximate surface area is 179 Å². The van der Waals surface area contributed by atoms with E-state index in [0.29, 0.717) is 5.69 Å². The second-order valence-corrected chi connectivity index (χ2v) is 8.70. The largest absolute Gasteiger partial charge is 0.339 e. The van der Waals surface area contributed by atoms with Gasteiger partial charge in [0.2, 0.25) is 5.91 Å². The molecule has 0 radical (unpaired) electrons. The second kappa shape index (κ2) is 10.2. The lowest BCUT2D eigenvalue weighted by Crippen LogP contribution is -2.19. The number of nitrogens with one attached hydrogen (secondary N) is 1. The van der Waals surface area contributed by atoms with Crippen LogP contribution in [-0.2, 0) is 4.79 Å². The van der Waals surface area contributed by atoms with Crippen LogP contribution >= 0.6 is 23.5 Å². The van der Waals surface area contributed by atoms with Crippen molar-refractivity contribution < 1.29 is 9.59 Å². The van der Waals surface area contributed by atoms with Gasteiger partial charge >= 0.3 is 0 Å². The van der Waals surface area contributed by atoms with Gasteiger partial charge in [-0.1, -0.05) is 54.6 Å². The van der Waals surface area contributed by atoms with Gasteiger partial charge in [-0.05, 0) is 47.7 Å². The lowest BCUT2D eigenvalue weighted by Gasteiger charge is -2.17. The molecular weight excluding hydrogens is 400 g/mol. The van der Waals surface area contributed by atoms with E-state index < -0.39 is 5.25 Å². The third-order valence-electron chi connectivity index (χ3n) is 4.01. The molecule has 0 aliphatic rings. The van der Waals surface area contributed by atoms with Crippen molar-refractivity contribution in [3.05, 3.63) is 90.5 Å². The molecule has 0 aromatic heterocycles. The number of nitrogens with zero attached hydrogens (tertiary/aromatic N) is 1. The maximum Gasteiger partial charge on any atom is 0.285 e. The van der Waals surface area contributed by atoms with Gasteiger partial charge in [-0.2, -0.15) is 0 Å². The van der Waals surface area contributed by atoms with Gasteiger partial charge in [-0.15, -0.1) is 11.8 Å². The van der Waals surface area contributed by atoms with Crippen molar-refractivity contribution in [1.29, 1.82) is 0 Å². The summed E-state index contributed by atoms with van der Waals surface area (Å²) in [5.41, 5.74) is 1.60. The van der Waals surface area contributed by atoms with Gasteiger partial charge in [0.15, 0.2) is 0 Å². The van der Waals surface area contributed by atoms with Crippen LogP contribution in [0.15, 0.2) is 94.7 Å². The van der Waals surface area contributed by atoms with Gasteiger partial charge in [-0.25, -0.2) is 0 Å². The maximum atomic E-state index is 13.1. The molecule has 3 aromatic rings. The van der Waals surface area contributed by atoms with Crippen molar-refractivity contribution >= 4 is 40.4 Å². The first-order valence-electron chi connectivity index (χ1n) is 9.09. The first kappa shape index (κ1) is 21.0. The summed E-state index contributed by atoms with van der Waals surface area (Å²) in [4.78, 5) is 28.4. The van der Waals surface area contributed by atoms with Crippen molar-refractivity contribution in [1.82, 2.24) is 4.90 Å². The fourth-order valence-electron chi connectivity index (χ4n) is 2.57. The highest BCUT2D eigenvalue weighted by Crippen LogP contribution is 2.36. The van der Waals surface area contributed by atoms with Crippen LogP contribution in [0, 0.1) is 0 Å². The van der Waals surface area contributed by atoms with Crippen LogP contribution in [-0.4, -0.2) is 30.1 Å². The summed E-state index contributed by atoms with van der Waals surface area (Å²) < 4.78 is 0. The van der Waals surface area contributed by atoms with Crippen molar-refractivity contribution in [3.8, 4) is 0 Å². The minimum absolute atomic E-state index is 0.0599. The summed E-state index contributed by atoms with van der Waals surface area (Å²) in [6.45, 7) is 0. The fraction of sp³-hybridized carbons (Fsp3) is 0.130. The molecule has 148 valence electrons. The molecule has 1 N–H and O–H groups in total. The molecule has 6 heteroatoms. The average Bonchev–Trinajstić information content (AvgIpc) is 2.73. The number of thioether (sulfide) groups is 2. The molecule has 0 spiro atoms. The third-order valence-corrected chi connectivity index (χ3v) is 6.31. The minimum Gasteiger partial charge on any atom is -0.339 e. The van der Waals surface area contributed by atoms with Crippen LogP contribution in [0.5, 0.6) is 0 Å². The summed E-state index contributed by atoms with van der Waals surface area (Å²) in [6.07, 6.45) is 0. The maximum absolute atomic E-state index is 13.1. The van der Waals surface area contributed by atoms with E-state index in [1.54, 1.807) is 14.1 Å². The number of rotatable bonds is 6. The zero-order chi connectivity index (χ0) is 20.6. The Kier molecular flexibility index (Phi) is 7.38. The average molecular weight is 423 g/mol. The molecule has 0 saturated heterocycles. The smallest absolute Gasteiger partial charge is 0.285 e. The van der Waals surface area contributed by atoms with E-state index in [-0.39, 0.29) is 11.1 Å². The van der Waals surface area contributed by atoms with Crippen molar-refractivity contribution in [2.75, 3.05) is 19.4 Å². The molecule has 3 rings (SSSR count). The van der Waals surface area contributed by atoms with Gasteiger partial charge in [0.25, 0.3) is 5.24 Å². The van der Waals surface area contributed by atoms with Gasteiger partial charge < -0.3 is 10.2 Å². The topological polar surface area (TPSA) is 49.4 Å². The number of carbonyl (C=O) groups excluding carboxylic acids is 2. The second-order valence-electron chi connectivity index (χ2n) is 6.50. The predicted octanol–water partition coefficient (Wildman–Crippen LogP) is 5.93. The zero-order valence-electron chi connectivity index (χ0n) is 16.2. The van der Waals surface area contributed by atoms with Crippen LogP contribution in [0.25, 0.3) is 0 Å². The molecule has 0 heterocycles. The van der Waals surface area contributed by atoms with Gasteiger partial charge in [0.05, 0.1) is 0 Å². The van der Waals surface area contributed by atoms with Crippen molar-refractivity contribution in [2.24, 2.45) is 0 Å². The van der Waals surface area contributed by atoms with Crippen molar-refractivity contribution in [3.63, 3.8) is 0 Å².